The molecule has 22 heavy (non-hydrogen) atoms. The molecule has 0 aliphatic carbocycles. The molecule has 5 heteroatoms. The lowest BCUT2D eigenvalue weighted by Gasteiger charge is -2.25. The highest BCUT2D eigenvalue weighted by atomic mass is 16.5. The van der Waals surface area contributed by atoms with Crippen LogP contribution in [0.5, 0.6) is 0 Å². The largest absolute Gasteiger partial charge is 0.383 e. The molecule has 3 rings (SSSR count). The molecule has 2 heterocycles. The molecule has 2 aromatic rings. The highest BCUT2D eigenvalue weighted by Crippen LogP contribution is 2.29. The van der Waals surface area contributed by atoms with Gasteiger partial charge in [-0.3, -0.25) is 0 Å². The van der Waals surface area contributed by atoms with Crippen LogP contribution in [0.25, 0.3) is 10.9 Å². The van der Waals surface area contributed by atoms with Gasteiger partial charge in [-0.15, -0.1) is 0 Å². The molecule has 0 amide bonds. The van der Waals surface area contributed by atoms with Crippen LogP contribution in [-0.2, 0) is 9.47 Å². The summed E-state index contributed by atoms with van der Waals surface area (Å²) in [6, 6.07) is 12.1. The third-order valence-electron chi connectivity index (χ3n) is 4.19. The van der Waals surface area contributed by atoms with Crippen molar-refractivity contribution in [2.75, 3.05) is 32.3 Å². The van der Waals surface area contributed by atoms with E-state index >= 15 is 0 Å². The van der Waals surface area contributed by atoms with E-state index in [9.17, 15) is 5.26 Å². The number of hydrogen-bond donors (Lipinski definition) is 0. The number of methoxy groups -OCH3 is 2. The Morgan fingerprint density at radius 3 is 2.91 bits per heavy atom. The predicted octanol–water partition coefficient (Wildman–Crippen LogP) is 2.35. The summed E-state index contributed by atoms with van der Waals surface area (Å²) in [5.41, 5.74) is 1.49. The van der Waals surface area contributed by atoms with E-state index in [1.54, 1.807) is 14.2 Å². The number of aromatic nitrogens is 1. The van der Waals surface area contributed by atoms with Crippen molar-refractivity contribution >= 4 is 16.7 Å². The van der Waals surface area contributed by atoms with Crippen LogP contribution in [0, 0.1) is 11.3 Å². The third kappa shape index (κ3) is 2.63. The number of pyridine rings is 1. The number of benzene rings is 1. The van der Waals surface area contributed by atoms with Crippen molar-refractivity contribution in [2.24, 2.45) is 0 Å². The molecule has 1 saturated heterocycles. The van der Waals surface area contributed by atoms with Crippen LogP contribution < -0.4 is 4.90 Å². The van der Waals surface area contributed by atoms with Gasteiger partial charge in [-0.25, -0.2) is 4.98 Å². The lowest BCUT2D eigenvalue weighted by molar-refractivity contribution is 0.111. The molecule has 0 saturated carbocycles. The van der Waals surface area contributed by atoms with E-state index in [0.29, 0.717) is 12.2 Å². The van der Waals surface area contributed by atoms with Gasteiger partial charge in [0, 0.05) is 26.2 Å². The van der Waals surface area contributed by atoms with Crippen molar-refractivity contribution in [1.29, 1.82) is 5.26 Å². The molecule has 0 spiro atoms. The molecule has 0 radical (unpaired) electrons. The zero-order valence-corrected chi connectivity index (χ0v) is 12.8. The van der Waals surface area contributed by atoms with Crippen molar-refractivity contribution in [3.8, 4) is 6.07 Å². The normalized spacial score (nSPS) is 21.2. The number of rotatable bonds is 4. The van der Waals surface area contributed by atoms with Gasteiger partial charge in [0.15, 0.2) is 0 Å². The van der Waals surface area contributed by atoms with E-state index < -0.39 is 0 Å². The van der Waals surface area contributed by atoms with Gasteiger partial charge in [-0.1, -0.05) is 18.2 Å². The summed E-state index contributed by atoms with van der Waals surface area (Å²) in [4.78, 5) is 6.92. The summed E-state index contributed by atoms with van der Waals surface area (Å²) in [5, 5.41) is 10.3. The molecule has 0 N–H and O–H groups in total. The van der Waals surface area contributed by atoms with Crippen molar-refractivity contribution in [3.05, 3.63) is 35.9 Å². The number of fused-ring (bicyclic) bond motifs is 1. The first-order chi connectivity index (χ1) is 10.8. The zero-order valence-electron chi connectivity index (χ0n) is 12.8. The van der Waals surface area contributed by atoms with Crippen molar-refractivity contribution < 1.29 is 9.47 Å². The lowest BCUT2D eigenvalue weighted by Crippen LogP contribution is -2.33. The predicted molar refractivity (Wildman–Crippen MR) is 84.9 cm³/mol. The minimum absolute atomic E-state index is 0.166. The Balaban J connectivity index is 2.03. The summed E-state index contributed by atoms with van der Waals surface area (Å²) >= 11 is 0. The van der Waals surface area contributed by atoms with Gasteiger partial charge in [0.05, 0.1) is 35.9 Å². The maximum absolute atomic E-state index is 9.42. The molecule has 1 aromatic heterocycles. The minimum Gasteiger partial charge on any atom is -0.383 e. The summed E-state index contributed by atoms with van der Waals surface area (Å²) in [6.07, 6.45) is 1.07. The van der Waals surface area contributed by atoms with Crippen molar-refractivity contribution in [2.45, 2.75) is 18.6 Å². The van der Waals surface area contributed by atoms with Crippen LogP contribution in [0.4, 0.5) is 5.82 Å². The molecule has 5 nitrogen and oxygen atoms in total. The van der Waals surface area contributed by atoms with E-state index in [-0.39, 0.29) is 12.1 Å². The summed E-state index contributed by atoms with van der Waals surface area (Å²) in [6.45, 7) is 1.39. The lowest BCUT2D eigenvalue weighted by atomic mass is 10.1. The highest BCUT2D eigenvalue weighted by Gasteiger charge is 2.33. The van der Waals surface area contributed by atoms with E-state index in [1.165, 1.54) is 0 Å². The van der Waals surface area contributed by atoms with Gasteiger partial charge in [-0.05, 0) is 18.6 Å². The Morgan fingerprint density at radius 2 is 2.18 bits per heavy atom. The van der Waals surface area contributed by atoms with Crippen LogP contribution in [0.3, 0.4) is 0 Å². The van der Waals surface area contributed by atoms with Crippen LogP contribution >= 0.6 is 0 Å². The van der Waals surface area contributed by atoms with Crippen molar-refractivity contribution in [1.82, 2.24) is 4.98 Å². The topological polar surface area (TPSA) is 58.4 Å². The van der Waals surface area contributed by atoms with Gasteiger partial charge in [-0.2, -0.15) is 5.26 Å². The fraction of sp³-hybridized carbons (Fsp3) is 0.412. The molecule has 1 fully saturated rings. The first-order valence-corrected chi connectivity index (χ1v) is 7.35. The quantitative estimate of drug-likeness (QED) is 0.867. The van der Waals surface area contributed by atoms with E-state index in [0.717, 1.165) is 29.7 Å². The van der Waals surface area contributed by atoms with E-state index in [4.69, 9.17) is 14.5 Å². The van der Waals surface area contributed by atoms with Crippen molar-refractivity contribution in [3.63, 3.8) is 0 Å². The molecule has 0 bridgehead atoms. The fourth-order valence-corrected chi connectivity index (χ4v) is 3.08. The standard InChI is InChI=1S/C17H19N3O2/c1-21-11-13-8-14(22-2)10-20(13)17-7-12(9-18)15-5-3-4-6-16(15)19-17/h3-7,13-14H,8,10-11H2,1-2H3/t13-,14+/m0/s1. The number of anilines is 1. The molecule has 114 valence electrons. The number of nitriles is 1. The second-order valence-corrected chi connectivity index (χ2v) is 5.51. The monoisotopic (exact) mass is 297 g/mol. The molecule has 1 aromatic carbocycles. The molecule has 0 unspecified atom stereocenters. The Bertz CT molecular complexity index is 711. The smallest absolute Gasteiger partial charge is 0.130 e. The maximum atomic E-state index is 9.42. The third-order valence-corrected chi connectivity index (χ3v) is 4.19. The van der Waals surface area contributed by atoms with Crippen LogP contribution in [0.1, 0.15) is 12.0 Å². The van der Waals surface area contributed by atoms with Gasteiger partial charge in [0.2, 0.25) is 0 Å². The Hall–Kier alpha value is -2.16. The molecular formula is C17H19N3O2. The zero-order chi connectivity index (χ0) is 15.5. The number of hydrogen-bond acceptors (Lipinski definition) is 5. The summed E-state index contributed by atoms with van der Waals surface area (Å²) in [5.74, 6) is 0.817. The molecular weight excluding hydrogens is 278 g/mol. The van der Waals surface area contributed by atoms with Gasteiger partial charge in [0.1, 0.15) is 5.82 Å². The molecule has 1 aliphatic rings. The number of para-hydroxylation sites is 1. The average molecular weight is 297 g/mol. The maximum Gasteiger partial charge on any atom is 0.130 e. The highest BCUT2D eigenvalue weighted by molar-refractivity contribution is 5.86. The van der Waals surface area contributed by atoms with Gasteiger partial charge < -0.3 is 14.4 Å². The second kappa shape index (κ2) is 6.30. The Kier molecular flexibility index (Phi) is 4.23. The first-order valence-electron chi connectivity index (χ1n) is 7.35. The second-order valence-electron chi connectivity index (χ2n) is 5.51. The fourth-order valence-electron chi connectivity index (χ4n) is 3.08. The SMILES string of the molecule is COC[C@@H]1C[C@@H](OC)CN1c1cc(C#N)c2ccccc2n1. The molecule has 1 aliphatic heterocycles. The van der Waals surface area contributed by atoms with Crippen LogP contribution in [0.15, 0.2) is 30.3 Å². The van der Waals surface area contributed by atoms with E-state index in [2.05, 4.69) is 11.0 Å². The first kappa shape index (κ1) is 14.8. The minimum atomic E-state index is 0.166. The van der Waals surface area contributed by atoms with E-state index in [1.807, 2.05) is 30.3 Å². The Labute approximate surface area is 130 Å². The number of ether oxygens (including phenoxy) is 2. The van der Waals surface area contributed by atoms with Gasteiger partial charge >= 0.3 is 0 Å². The van der Waals surface area contributed by atoms with Crippen LogP contribution in [-0.4, -0.2) is 44.5 Å². The van der Waals surface area contributed by atoms with Gasteiger partial charge in [0.25, 0.3) is 0 Å². The number of nitrogens with zero attached hydrogens (tertiary/aromatic N) is 3. The summed E-state index contributed by atoms with van der Waals surface area (Å²) < 4.78 is 10.8. The van der Waals surface area contributed by atoms with Crippen LogP contribution in [0.2, 0.25) is 0 Å². The Morgan fingerprint density at radius 1 is 1.36 bits per heavy atom. The average Bonchev–Trinajstić information content (AvgIpc) is 2.97. The summed E-state index contributed by atoms with van der Waals surface area (Å²) in [7, 11) is 3.43. The molecule has 2 atom stereocenters.